The highest BCUT2D eigenvalue weighted by Crippen LogP contribution is 2.28. The van der Waals surface area contributed by atoms with Crippen LogP contribution in [0.2, 0.25) is 0 Å². The lowest BCUT2D eigenvalue weighted by Gasteiger charge is -2.10. The number of hydrogen-bond donors (Lipinski definition) is 1. The number of benzene rings is 5. The summed E-state index contributed by atoms with van der Waals surface area (Å²) in [5.41, 5.74) is 2.47. The van der Waals surface area contributed by atoms with E-state index >= 15 is 0 Å². The van der Waals surface area contributed by atoms with Gasteiger partial charge >= 0.3 is 17.9 Å². The second kappa shape index (κ2) is 34.6. The normalized spacial score (nSPS) is 11.3. The Morgan fingerprint density at radius 3 is 0.904 bits per heavy atom. The van der Waals surface area contributed by atoms with E-state index in [0.29, 0.717) is 36.0 Å². The van der Waals surface area contributed by atoms with Crippen LogP contribution in [0.4, 0.5) is 22.7 Å². The summed E-state index contributed by atoms with van der Waals surface area (Å²) < 4.78 is 22.9. The van der Waals surface area contributed by atoms with Crippen molar-refractivity contribution < 1.29 is 38.4 Å². The monoisotopic (exact) mass is 995 g/mol. The van der Waals surface area contributed by atoms with Crippen molar-refractivity contribution in [3.63, 3.8) is 0 Å². The van der Waals surface area contributed by atoms with Crippen molar-refractivity contribution in [3.05, 3.63) is 132 Å². The summed E-state index contributed by atoms with van der Waals surface area (Å²) in [7, 11) is 0. The van der Waals surface area contributed by atoms with E-state index in [1.54, 1.807) is 24.3 Å². The number of nitrogens with zero attached hydrogens (tertiary/aromatic N) is 4. The van der Waals surface area contributed by atoms with E-state index in [9.17, 15) is 19.5 Å². The van der Waals surface area contributed by atoms with Gasteiger partial charge in [0.05, 0.1) is 52.7 Å². The van der Waals surface area contributed by atoms with Crippen LogP contribution in [0.3, 0.4) is 0 Å². The van der Waals surface area contributed by atoms with Crippen molar-refractivity contribution >= 4 is 40.7 Å². The first kappa shape index (κ1) is 57.2. The van der Waals surface area contributed by atoms with Crippen LogP contribution in [0.1, 0.15) is 199 Å². The topological polar surface area (TPSA) is 158 Å². The third-order valence-corrected chi connectivity index (χ3v) is 12.5. The molecule has 73 heavy (non-hydrogen) atoms. The van der Waals surface area contributed by atoms with E-state index in [4.69, 9.17) is 18.9 Å². The van der Waals surface area contributed by atoms with E-state index in [1.807, 2.05) is 48.5 Å². The zero-order chi connectivity index (χ0) is 51.6. The van der Waals surface area contributed by atoms with Gasteiger partial charge in [-0.3, -0.25) is 0 Å². The number of azo groups is 2. The molecule has 12 heteroatoms. The molecular formula is C61H78N4O8. The molecule has 390 valence electrons. The largest absolute Gasteiger partial charge is 0.494 e. The lowest BCUT2D eigenvalue weighted by molar-refractivity contribution is 0.0680. The minimum Gasteiger partial charge on any atom is -0.494 e. The average molecular weight is 995 g/mol. The van der Waals surface area contributed by atoms with E-state index < -0.39 is 17.9 Å². The minimum atomic E-state index is -1.30. The number of carbonyl (C=O) groups is 3. The molecule has 0 fully saturated rings. The van der Waals surface area contributed by atoms with Gasteiger partial charge in [-0.25, -0.2) is 14.4 Å². The lowest BCUT2D eigenvalue weighted by Crippen LogP contribution is -2.11. The molecule has 0 amide bonds. The maximum absolute atomic E-state index is 13.1. The summed E-state index contributed by atoms with van der Waals surface area (Å²) in [4.78, 5) is 38.2. The minimum absolute atomic E-state index is 0.118. The van der Waals surface area contributed by atoms with Crippen LogP contribution >= 0.6 is 0 Å². The molecule has 0 unspecified atom stereocenters. The Balaban J connectivity index is 0.995. The van der Waals surface area contributed by atoms with Gasteiger partial charge in [0.15, 0.2) is 0 Å². The van der Waals surface area contributed by atoms with Gasteiger partial charge < -0.3 is 24.1 Å². The number of rotatable bonds is 37. The smallest absolute Gasteiger partial charge is 0.343 e. The fourth-order valence-electron chi connectivity index (χ4n) is 8.19. The van der Waals surface area contributed by atoms with Crippen LogP contribution in [0.15, 0.2) is 136 Å². The van der Waals surface area contributed by atoms with Gasteiger partial charge in [-0.15, -0.1) is 0 Å². The summed E-state index contributed by atoms with van der Waals surface area (Å²) in [5, 5.41) is 26.9. The fourth-order valence-corrected chi connectivity index (χ4v) is 8.19. The van der Waals surface area contributed by atoms with Gasteiger partial charge in [0, 0.05) is 6.07 Å². The van der Waals surface area contributed by atoms with Crippen molar-refractivity contribution in [1.82, 2.24) is 0 Å². The maximum Gasteiger partial charge on any atom is 0.343 e. The molecule has 5 aromatic rings. The van der Waals surface area contributed by atoms with E-state index in [-0.39, 0.29) is 28.2 Å². The first-order valence-electron chi connectivity index (χ1n) is 27.1. The maximum atomic E-state index is 13.1. The SMILES string of the molecule is CCCCCCCCCCCCCCOc1ccc(N=Nc2ccc(C(=O)Oc3cc(OC(=O)c4ccc(N=Nc5ccc(OCCCCCCCCCCCCCC)cc5)cc4)cc(C(=O)O)c3)cc2)cc1. The van der Waals surface area contributed by atoms with Crippen molar-refractivity contribution in [1.29, 1.82) is 0 Å². The van der Waals surface area contributed by atoms with Gasteiger partial charge in [0.1, 0.15) is 23.0 Å². The highest BCUT2D eigenvalue weighted by atomic mass is 16.5. The molecule has 0 bridgehead atoms. The highest BCUT2D eigenvalue weighted by Gasteiger charge is 2.17. The second-order valence-electron chi connectivity index (χ2n) is 18.7. The number of carbonyl (C=O) groups excluding carboxylic acids is 2. The number of hydrogen-bond acceptors (Lipinski definition) is 11. The third kappa shape index (κ3) is 23.6. The second-order valence-corrected chi connectivity index (χ2v) is 18.7. The molecule has 0 saturated heterocycles. The number of carboxylic acids is 1. The molecule has 0 aromatic heterocycles. The molecule has 0 saturated carbocycles. The molecule has 0 radical (unpaired) electrons. The Kier molecular flexibility index (Phi) is 27.1. The van der Waals surface area contributed by atoms with Gasteiger partial charge in [-0.05, 0) is 122 Å². The third-order valence-electron chi connectivity index (χ3n) is 12.5. The van der Waals surface area contributed by atoms with Crippen LogP contribution in [0.5, 0.6) is 23.0 Å². The summed E-state index contributed by atoms with van der Waals surface area (Å²) in [5.74, 6) is -1.45. The van der Waals surface area contributed by atoms with Gasteiger partial charge in [0.25, 0.3) is 0 Å². The van der Waals surface area contributed by atoms with Crippen LogP contribution in [-0.4, -0.2) is 36.2 Å². The van der Waals surface area contributed by atoms with E-state index in [1.165, 1.54) is 184 Å². The van der Waals surface area contributed by atoms with Crippen molar-refractivity contribution in [2.45, 2.75) is 168 Å². The quantitative estimate of drug-likeness (QED) is 0.0178. The van der Waals surface area contributed by atoms with Crippen LogP contribution in [-0.2, 0) is 0 Å². The standard InChI is InChI=1S/C61H78N4O8/c1-3-5-7-9-11-13-15-17-19-21-23-25-43-70-55-39-35-53(36-40-55)64-62-51-31-27-48(28-32-51)60(68)72-57-45-50(59(66)67)46-58(47-57)73-61(69)49-29-33-52(34-30-49)63-65-54-37-41-56(42-38-54)71-44-26-24-22-20-18-16-14-12-10-8-6-4-2/h27-42,45-47H,3-26,43-44H2,1-2H3,(H,66,67). The molecule has 5 aromatic carbocycles. The Bertz CT molecular complexity index is 2240. The van der Waals surface area contributed by atoms with Gasteiger partial charge in [-0.2, -0.15) is 20.5 Å². The first-order valence-corrected chi connectivity index (χ1v) is 27.1. The van der Waals surface area contributed by atoms with Crippen LogP contribution < -0.4 is 18.9 Å². The van der Waals surface area contributed by atoms with Crippen molar-refractivity contribution in [2.75, 3.05) is 13.2 Å². The molecule has 0 aliphatic heterocycles. The molecule has 0 heterocycles. The number of esters is 2. The Morgan fingerprint density at radius 2 is 0.616 bits per heavy atom. The number of aromatic carboxylic acids is 1. The van der Waals surface area contributed by atoms with Crippen LogP contribution in [0.25, 0.3) is 0 Å². The summed E-state index contributed by atoms with van der Waals surface area (Å²) in [6.07, 6.45) is 31.3. The fraction of sp³-hybridized carbons (Fsp3) is 0.459. The molecule has 0 aliphatic carbocycles. The Hall–Kier alpha value is -6.69. The van der Waals surface area contributed by atoms with Crippen molar-refractivity contribution in [3.8, 4) is 23.0 Å². The van der Waals surface area contributed by atoms with E-state index in [2.05, 4.69) is 34.3 Å². The molecule has 0 atom stereocenters. The number of unbranched alkanes of at least 4 members (excludes halogenated alkanes) is 22. The van der Waals surface area contributed by atoms with Gasteiger partial charge in [0.2, 0.25) is 0 Å². The average Bonchev–Trinajstić information content (AvgIpc) is 3.41. The zero-order valence-corrected chi connectivity index (χ0v) is 43.4. The summed E-state index contributed by atoms with van der Waals surface area (Å²) >= 11 is 0. The molecule has 1 N–H and O–H groups in total. The zero-order valence-electron chi connectivity index (χ0n) is 43.4. The van der Waals surface area contributed by atoms with E-state index in [0.717, 1.165) is 24.3 Å². The number of ether oxygens (including phenoxy) is 4. The first-order chi connectivity index (χ1) is 35.8. The van der Waals surface area contributed by atoms with Crippen LogP contribution in [0, 0.1) is 0 Å². The Labute approximate surface area is 434 Å². The molecule has 0 spiro atoms. The molecule has 5 rings (SSSR count). The lowest BCUT2D eigenvalue weighted by atomic mass is 10.1. The summed E-state index contributed by atoms with van der Waals surface area (Å²) in [6, 6.07) is 31.1. The highest BCUT2D eigenvalue weighted by molar-refractivity contribution is 5.94. The van der Waals surface area contributed by atoms with Gasteiger partial charge in [-0.1, -0.05) is 155 Å². The Morgan fingerprint density at radius 1 is 0.342 bits per heavy atom. The van der Waals surface area contributed by atoms with Crippen molar-refractivity contribution in [2.24, 2.45) is 20.5 Å². The molecular weight excluding hydrogens is 917 g/mol. The predicted octanol–water partition coefficient (Wildman–Crippen LogP) is 18.8. The summed E-state index contributed by atoms with van der Waals surface area (Å²) in [6.45, 7) is 5.89. The molecule has 12 nitrogen and oxygen atoms in total. The molecule has 0 aliphatic rings. The predicted molar refractivity (Wildman–Crippen MR) is 291 cm³/mol. The number of carboxylic acid groups (broad SMARTS) is 1.